The molecule has 0 spiro atoms. The normalized spacial score (nSPS) is 21.3. The van der Waals surface area contributed by atoms with Gasteiger partial charge in [-0.3, -0.25) is 4.79 Å². The second-order valence-corrected chi connectivity index (χ2v) is 3.79. The zero-order valence-corrected chi connectivity index (χ0v) is 8.82. The summed E-state index contributed by atoms with van der Waals surface area (Å²) in [5.74, 6) is 0.0715. The van der Waals surface area contributed by atoms with Gasteiger partial charge < -0.3 is 10.1 Å². The van der Waals surface area contributed by atoms with E-state index < -0.39 is 0 Å². The third-order valence-electron chi connectivity index (χ3n) is 2.56. The smallest absolute Gasteiger partial charge is 0.192 e. The van der Waals surface area contributed by atoms with E-state index in [0.717, 1.165) is 17.7 Å². The van der Waals surface area contributed by atoms with Crippen LogP contribution in [0.4, 0.5) is 0 Å². The molecule has 2 rings (SSSR count). The summed E-state index contributed by atoms with van der Waals surface area (Å²) in [6.07, 6.45) is -0.318. The van der Waals surface area contributed by atoms with Gasteiger partial charge in [-0.15, -0.1) is 0 Å². The van der Waals surface area contributed by atoms with Crippen molar-refractivity contribution in [3.63, 3.8) is 0 Å². The van der Waals surface area contributed by atoms with E-state index >= 15 is 0 Å². The Balaban J connectivity index is 2.09. The number of carbonyl (C=O) groups is 1. The lowest BCUT2D eigenvalue weighted by Gasteiger charge is -2.22. The standard InChI is InChI=1S/C12H15NO2/c1-9-2-4-10(5-3-9)12(14)11-8-13-6-7-15-11/h2-5,11,13H,6-8H2,1H3. The third kappa shape index (κ3) is 2.43. The summed E-state index contributed by atoms with van der Waals surface area (Å²) < 4.78 is 5.41. The lowest BCUT2D eigenvalue weighted by atomic mass is 10.0. The van der Waals surface area contributed by atoms with Crippen molar-refractivity contribution < 1.29 is 9.53 Å². The molecule has 15 heavy (non-hydrogen) atoms. The number of benzene rings is 1. The molecule has 1 atom stereocenters. The van der Waals surface area contributed by atoms with E-state index in [9.17, 15) is 4.79 Å². The molecule has 1 saturated heterocycles. The first-order valence-corrected chi connectivity index (χ1v) is 5.20. The van der Waals surface area contributed by atoms with Crippen LogP contribution in [-0.4, -0.2) is 31.6 Å². The highest BCUT2D eigenvalue weighted by Gasteiger charge is 2.22. The molecule has 0 bridgehead atoms. The fourth-order valence-corrected chi connectivity index (χ4v) is 1.64. The molecule has 80 valence electrons. The zero-order valence-electron chi connectivity index (χ0n) is 8.82. The van der Waals surface area contributed by atoms with Gasteiger partial charge in [0.1, 0.15) is 6.10 Å². The van der Waals surface area contributed by atoms with Crippen molar-refractivity contribution in [2.75, 3.05) is 19.7 Å². The van der Waals surface area contributed by atoms with E-state index in [2.05, 4.69) is 5.32 Å². The number of rotatable bonds is 2. The highest BCUT2D eigenvalue weighted by atomic mass is 16.5. The predicted octanol–water partition coefficient (Wildman–Crippen LogP) is 1.17. The minimum atomic E-state index is -0.318. The van der Waals surface area contributed by atoms with E-state index in [4.69, 9.17) is 4.74 Å². The number of hydrogen-bond acceptors (Lipinski definition) is 3. The number of hydrogen-bond donors (Lipinski definition) is 1. The molecule has 1 aliphatic heterocycles. The lowest BCUT2D eigenvalue weighted by molar-refractivity contribution is 0.0269. The summed E-state index contributed by atoms with van der Waals surface area (Å²) >= 11 is 0. The summed E-state index contributed by atoms with van der Waals surface area (Å²) in [6, 6.07) is 7.61. The monoisotopic (exact) mass is 205 g/mol. The van der Waals surface area contributed by atoms with Crippen molar-refractivity contribution in [1.82, 2.24) is 5.32 Å². The van der Waals surface area contributed by atoms with Crippen LogP contribution >= 0.6 is 0 Å². The molecule has 0 saturated carbocycles. The highest BCUT2D eigenvalue weighted by molar-refractivity contribution is 5.99. The van der Waals surface area contributed by atoms with E-state index in [-0.39, 0.29) is 11.9 Å². The molecule has 0 radical (unpaired) electrons. The fourth-order valence-electron chi connectivity index (χ4n) is 1.64. The molecule has 1 N–H and O–H groups in total. The Labute approximate surface area is 89.4 Å². The van der Waals surface area contributed by atoms with Gasteiger partial charge in [0.15, 0.2) is 5.78 Å². The van der Waals surface area contributed by atoms with Crippen LogP contribution in [0.25, 0.3) is 0 Å². The molecule has 0 aromatic heterocycles. The SMILES string of the molecule is Cc1ccc(C(=O)C2CNCCO2)cc1. The summed E-state index contributed by atoms with van der Waals surface area (Å²) in [5.41, 5.74) is 1.89. The van der Waals surface area contributed by atoms with Gasteiger partial charge in [-0.05, 0) is 6.92 Å². The third-order valence-corrected chi connectivity index (χ3v) is 2.56. The molecule has 1 unspecified atom stereocenters. The molecule has 3 nitrogen and oxygen atoms in total. The molecule has 1 aromatic carbocycles. The van der Waals surface area contributed by atoms with Gasteiger partial charge in [-0.1, -0.05) is 29.8 Å². The fraction of sp³-hybridized carbons (Fsp3) is 0.417. The van der Waals surface area contributed by atoms with Gasteiger partial charge in [0.25, 0.3) is 0 Å². The molecule has 1 fully saturated rings. The van der Waals surface area contributed by atoms with Gasteiger partial charge in [0, 0.05) is 18.7 Å². The first-order valence-electron chi connectivity index (χ1n) is 5.20. The van der Waals surface area contributed by atoms with E-state index in [0.29, 0.717) is 13.2 Å². The molecule has 0 aliphatic carbocycles. The van der Waals surface area contributed by atoms with E-state index in [1.165, 1.54) is 0 Å². The first kappa shape index (κ1) is 10.3. The van der Waals surface area contributed by atoms with Crippen LogP contribution in [0.3, 0.4) is 0 Å². The summed E-state index contributed by atoms with van der Waals surface area (Å²) in [7, 11) is 0. The number of ketones is 1. The molecule has 1 aliphatic rings. The summed E-state index contributed by atoms with van der Waals surface area (Å²) in [4.78, 5) is 11.9. The Morgan fingerprint density at radius 3 is 2.73 bits per heavy atom. The van der Waals surface area contributed by atoms with Crippen LogP contribution in [0.1, 0.15) is 15.9 Å². The Bertz CT molecular complexity index is 339. The summed E-state index contributed by atoms with van der Waals surface area (Å²) in [5, 5.41) is 3.15. The Hall–Kier alpha value is -1.19. The van der Waals surface area contributed by atoms with Gasteiger partial charge in [-0.2, -0.15) is 0 Å². The van der Waals surface area contributed by atoms with Crippen LogP contribution in [0.2, 0.25) is 0 Å². The van der Waals surface area contributed by atoms with Crippen molar-refractivity contribution in [3.8, 4) is 0 Å². The van der Waals surface area contributed by atoms with Crippen LogP contribution < -0.4 is 5.32 Å². The molecular formula is C12H15NO2. The molecular weight excluding hydrogens is 190 g/mol. The minimum Gasteiger partial charge on any atom is -0.367 e. The molecule has 0 amide bonds. The van der Waals surface area contributed by atoms with Gasteiger partial charge in [0.05, 0.1) is 6.61 Å². The highest BCUT2D eigenvalue weighted by Crippen LogP contribution is 2.09. The number of ether oxygens (including phenoxy) is 1. The van der Waals surface area contributed by atoms with Crippen LogP contribution in [-0.2, 0) is 4.74 Å². The molecule has 1 aromatic rings. The first-order chi connectivity index (χ1) is 7.27. The summed E-state index contributed by atoms with van der Waals surface area (Å²) in [6.45, 7) is 4.07. The van der Waals surface area contributed by atoms with E-state index in [1.807, 2.05) is 31.2 Å². The van der Waals surface area contributed by atoms with E-state index in [1.54, 1.807) is 0 Å². The minimum absolute atomic E-state index is 0.0715. The number of Topliss-reactive ketones (excluding diaryl/α,β-unsaturated/α-hetero) is 1. The second kappa shape index (κ2) is 4.55. The van der Waals surface area contributed by atoms with Crippen molar-refractivity contribution >= 4 is 5.78 Å². The number of aryl methyl sites for hydroxylation is 1. The van der Waals surface area contributed by atoms with Gasteiger partial charge in [0.2, 0.25) is 0 Å². The lowest BCUT2D eigenvalue weighted by Crippen LogP contribution is -2.43. The average molecular weight is 205 g/mol. The maximum atomic E-state index is 11.9. The Morgan fingerprint density at radius 1 is 1.40 bits per heavy atom. The quantitative estimate of drug-likeness (QED) is 0.736. The number of carbonyl (C=O) groups excluding carboxylic acids is 1. The van der Waals surface area contributed by atoms with Crippen LogP contribution in [0.5, 0.6) is 0 Å². The Morgan fingerprint density at radius 2 is 2.13 bits per heavy atom. The van der Waals surface area contributed by atoms with Crippen LogP contribution in [0, 0.1) is 6.92 Å². The number of morpholine rings is 1. The maximum Gasteiger partial charge on any atom is 0.192 e. The van der Waals surface area contributed by atoms with Gasteiger partial charge >= 0.3 is 0 Å². The van der Waals surface area contributed by atoms with Crippen molar-refractivity contribution in [2.24, 2.45) is 0 Å². The number of nitrogens with one attached hydrogen (secondary N) is 1. The van der Waals surface area contributed by atoms with Crippen molar-refractivity contribution in [1.29, 1.82) is 0 Å². The van der Waals surface area contributed by atoms with Crippen molar-refractivity contribution in [3.05, 3.63) is 35.4 Å². The topological polar surface area (TPSA) is 38.3 Å². The van der Waals surface area contributed by atoms with Gasteiger partial charge in [-0.25, -0.2) is 0 Å². The average Bonchev–Trinajstić information content (AvgIpc) is 2.30. The van der Waals surface area contributed by atoms with Crippen molar-refractivity contribution in [2.45, 2.75) is 13.0 Å². The zero-order chi connectivity index (χ0) is 10.7. The maximum absolute atomic E-state index is 11.9. The second-order valence-electron chi connectivity index (χ2n) is 3.79. The molecule has 1 heterocycles. The van der Waals surface area contributed by atoms with Crippen LogP contribution in [0.15, 0.2) is 24.3 Å². The largest absolute Gasteiger partial charge is 0.367 e. The molecule has 3 heteroatoms. The Kier molecular flexibility index (Phi) is 3.14. The predicted molar refractivity (Wildman–Crippen MR) is 58.1 cm³/mol.